The highest BCUT2D eigenvalue weighted by Crippen LogP contribution is 2.06. The average Bonchev–Trinajstić information content (AvgIpc) is 2.80. The van der Waals surface area contributed by atoms with Crippen molar-refractivity contribution in [3.63, 3.8) is 0 Å². The van der Waals surface area contributed by atoms with Gasteiger partial charge in [0.25, 0.3) is 0 Å². The van der Waals surface area contributed by atoms with Gasteiger partial charge in [-0.15, -0.1) is 0 Å². The molecule has 0 heterocycles. The van der Waals surface area contributed by atoms with Gasteiger partial charge in [-0.2, -0.15) is 0 Å². The standard InChI is InChI=1S/C25H38N4O6/c1-16(2)11-20(14-30)28-23(32)18(5)27-24(33)21(12-17(3)4)29-22(31)13-26-25(34)35-15-19-9-7-6-8-10-19/h6-10,14,16-18,20-21H,11-13,15H2,1-5H3,(H,26,34)(H,27,33)(H,28,32)(H,29,31)/t18-,20-,21-/m0/s1. The molecule has 1 aromatic carbocycles. The van der Waals surface area contributed by atoms with E-state index in [-0.39, 0.29) is 25.0 Å². The summed E-state index contributed by atoms with van der Waals surface area (Å²) in [6.45, 7) is 8.85. The molecule has 4 amide bonds. The fourth-order valence-corrected chi connectivity index (χ4v) is 3.22. The second kappa shape index (κ2) is 15.5. The van der Waals surface area contributed by atoms with Gasteiger partial charge in [-0.05, 0) is 37.2 Å². The monoisotopic (exact) mass is 490 g/mol. The molecule has 10 nitrogen and oxygen atoms in total. The summed E-state index contributed by atoms with van der Waals surface area (Å²) in [5.74, 6) is -1.31. The summed E-state index contributed by atoms with van der Waals surface area (Å²) in [5.41, 5.74) is 0.808. The Morgan fingerprint density at radius 1 is 0.857 bits per heavy atom. The fraction of sp³-hybridized carbons (Fsp3) is 0.560. The molecular weight excluding hydrogens is 452 g/mol. The van der Waals surface area contributed by atoms with Gasteiger partial charge >= 0.3 is 6.09 Å². The van der Waals surface area contributed by atoms with E-state index in [1.54, 1.807) is 12.1 Å². The third-order valence-corrected chi connectivity index (χ3v) is 4.93. The molecule has 0 aromatic heterocycles. The van der Waals surface area contributed by atoms with Crippen LogP contribution >= 0.6 is 0 Å². The van der Waals surface area contributed by atoms with E-state index < -0.39 is 41.9 Å². The molecule has 10 heteroatoms. The van der Waals surface area contributed by atoms with Crippen molar-refractivity contribution in [2.45, 2.75) is 72.2 Å². The zero-order valence-corrected chi connectivity index (χ0v) is 21.1. The Bertz CT molecular complexity index is 844. The SMILES string of the molecule is CC(C)C[C@@H](C=O)NC(=O)[C@H](C)NC(=O)[C@H](CC(C)C)NC(=O)CNC(=O)OCc1ccccc1. The Balaban J connectivity index is 2.57. The number of benzene rings is 1. The molecule has 0 aliphatic carbocycles. The van der Waals surface area contributed by atoms with Gasteiger partial charge < -0.3 is 30.8 Å². The number of aldehydes is 1. The van der Waals surface area contributed by atoms with Crippen LogP contribution in [0.15, 0.2) is 30.3 Å². The molecule has 0 bridgehead atoms. The second-order valence-corrected chi connectivity index (χ2v) is 9.28. The number of hydrogen-bond donors (Lipinski definition) is 4. The van der Waals surface area contributed by atoms with Gasteiger partial charge in [0, 0.05) is 0 Å². The highest BCUT2D eigenvalue weighted by Gasteiger charge is 2.26. The van der Waals surface area contributed by atoms with Crippen molar-refractivity contribution in [3.05, 3.63) is 35.9 Å². The first-order chi connectivity index (χ1) is 16.5. The maximum absolute atomic E-state index is 12.8. The molecule has 0 fully saturated rings. The summed E-state index contributed by atoms with van der Waals surface area (Å²) in [5, 5.41) is 10.1. The van der Waals surface area contributed by atoms with Gasteiger partial charge in [0.15, 0.2) is 0 Å². The van der Waals surface area contributed by atoms with Gasteiger partial charge in [0.2, 0.25) is 17.7 Å². The zero-order valence-electron chi connectivity index (χ0n) is 21.1. The first-order valence-electron chi connectivity index (χ1n) is 11.8. The van der Waals surface area contributed by atoms with Gasteiger partial charge in [0.1, 0.15) is 31.5 Å². The van der Waals surface area contributed by atoms with E-state index in [9.17, 15) is 24.0 Å². The molecular formula is C25H38N4O6. The van der Waals surface area contributed by atoms with Crippen LogP contribution in [-0.2, 0) is 30.5 Å². The number of hydrogen-bond acceptors (Lipinski definition) is 6. The highest BCUT2D eigenvalue weighted by molar-refractivity contribution is 5.93. The third kappa shape index (κ3) is 12.6. The largest absolute Gasteiger partial charge is 0.445 e. The van der Waals surface area contributed by atoms with Crippen molar-refractivity contribution in [3.8, 4) is 0 Å². The van der Waals surface area contributed by atoms with Gasteiger partial charge in [-0.3, -0.25) is 14.4 Å². The minimum atomic E-state index is -0.908. The van der Waals surface area contributed by atoms with Crippen LogP contribution in [0.2, 0.25) is 0 Å². The lowest BCUT2D eigenvalue weighted by Crippen LogP contribution is -2.55. The van der Waals surface area contributed by atoms with Crippen molar-refractivity contribution in [2.24, 2.45) is 11.8 Å². The summed E-state index contributed by atoms with van der Waals surface area (Å²) < 4.78 is 5.06. The third-order valence-electron chi connectivity index (χ3n) is 4.93. The lowest BCUT2D eigenvalue weighted by Gasteiger charge is -2.23. The molecule has 4 N–H and O–H groups in total. The van der Waals surface area contributed by atoms with Gasteiger partial charge in [-0.1, -0.05) is 58.0 Å². The van der Waals surface area contributed by atoms with Crippen molar-refractivity contribution in [2.75, 3.05) is 6.54 Å². The van der Waals surface area contributed by atoms with Crippen LogP contribution in [0.4, 0.5) is 4.79 Å². The lowest BCUT2D eigenvalue weighted by molar-refractivity contribution is -0.132. The first kappa shape index (κ1) is 29.6. The summed E-state index contributed by atoms with van der Waals surface area (Å²) in [4.78, 5) is 60.6. The topological polar surface area (TPSA) is 143 Å². The van der Waals surface area contributed by atoms with E-state index in [1.165, 1.54) is 6.92 Å². The molecule has 0 aliphatic rings. The van der Waals surface area contributed by atoms with Crippen LogP contribution < -0.4 is 21.3 Å². The molecule has 0 aliphatic heterocycles. The molecule has 0 spiro atoms. The minimum absolute atomic E-state index is 0.0642. The first-order valence-corrected chi connectivity index (χ1v) is 11.8. The number of carbonyl (C=O) groups excluding carboxylic acids is 5. The van der Waals surface area contributed by atoms with Crippen molar-refractivity contribution in [1.29, 1.82) is 0 Å². The van der Waals surface area contributed by atoms with Crippen LogP contribution in [0.3, 0.4) is 0 Å². The zero-order chi connectivity index (χ0) is 26.4. The van der Waals surface area contributed by atoms with E-state index >= 15 is 0 Å². The summed E-state index contributed by atoms with van der Waals surface area (Å²) in [7, 11) is 0. The summed E-state index contributed by atoms with van der Waals surface area (Å²) in [6.07, 6.45) is 0.731. The Morgan fingerprint density at radius 2 is 1.49 bits per heavy atom. The Morgan fingerprint density at radius 3 is 2.06 bits per heavy atom. The number of rotatable bonds is 14. The van der Waals surface area contributed by atoms with Crippen LogP contribution in [0.5, 0.6) is 0 Å². The number of ether oxygens (including phenoxy) is 1. The number of alkyl carbamates (subject to hydrolysis) is 1. The van der Waals surface area contributed by atoms with Crippen LogP contribution in [0, 0.1) is 11.8 Å². The van der Waals surface area contributed by atoms with Crippen LogP contribution in [0.1, 0.15) is 53.0 Å². The number of carbonyl (C=O) groups is 5. The predicted octanol–water partition coefficient (Wildman–Crippen LogP) is 1.68. The lowest BCUT2D eigenvalue weighted by atomic mass is 10.0. The molecule has 0 unspecified atom stereocenters. The van der Waals surface area contributed by atoms with Gasteiger partial charge in [0.05, 0.1) is 6.04 Å². The van der Waals surface area contributed by atoms with Crippen LogP contribution in [-0.4, -0.2) is 54.8 Å². The van der Waals surface area contributed by atoms with Crippen molar-refractivity contribution < 1.29 is 28.7 Å². The van der Waals surface area contributed by atoms with Crippen molar-refractivity contribution in [1.82, 2.24) is 21.3 Å². The second-order valence-electron chi connectivity index (χ2n) is 9.28. The molecule has 0 saturated heterocycles. The highest BCUT2D eigenvalue weighted by atomic mass is 16.5. The molecule has 3 atom stereocenters. The van der Waals surface area contributed by atoms with Crippen molar-refractivity contribution >= 4 is 30.1 Å². The number of amides is 4. The average molecular weight is 491 g/mol. The Kier molecular flexibility index (Phi) is 13.1. The predicted molar refractivity (Wildman–Crippen MR) is 131 cm³/mol. The Hall–Kier alpha value is -3.43. The maximum Gasteiger partial charge on any atom is 0.407 e. The summed E-state index contributed by atoms with van der Waals surface area (Å²) >= 11 is 0. The Labute approximate surface area is 206 Å². The van der Waals surface area contributed by atoms with E-state index in [0.29, 0.717) is 19.1 Å². The van der Waals surface area contributed by atoms with E-state index in [2.05, 4.69) is 21.3 Å². The molecule has 0 saturated carbocycles. The molecule has 35 heavy (non-hydrogen) atoms. The molecule has 194 valence electrons. The smallest absolute Gasteiger partial charge is 0.407 e. The van der Waals surface area contributed by atoms with E-state index in [4.69, 9.17) is 4.74 Å². The molecule has 1 rings (SSSR count). The summed E-state index contributed by atoms with van der Waals surface area (Å²) in [6, 6.07) is 6.65. The minimum Gasteiger partial charge on any atom is -0.445 e. The molecule has 1 aromatic rings. The van der Waals surface area contributed by atoms with E-state index in [1.807, 2.05) is 45.9 Å². The van der Waals surface area contributed by atoms with E-state index in [0.717, 1.165) is 5.56 Å². The quantitative estimate of drug-likeness (QED) is 0.292. The molecule has 0 radical (unpaired) electrons. The van der Waals surface area contributed by atoms with Crippen LogP contribution in [0.25, 0.3) is 0 Å². The maximum atomic E-state index is 12.8. The fourth-order valence-electron chi connectivity index (χ4n) is 3.22. The normalized spacial score (nSPS) is 13.3. The van der Waals surface area contributed by atoms with Gasteiger partial charge in [-0.25, -0.2) is 4.79 Å². The number of nitrogens with one attached hydrogen (secondary N) is 4.